The number of halogens is 1. The van der Waals surface area contributed by atoms with Crippen LogP contribution in [0.1, 0.15) is 17.5 Å². The van der Waals surface area contributed by atoms with Crippen molar-refractivity contribution in [1.82, 2.24) is 0 Å². The fourth-order valence-electron chi connectivity index (χ4n) is 3.26. The van der Waals surface area contributed by atoms with E-state index in [2.05, 4.69) is 5.32 Å². The van der Waals surface area contributed by atoms with Gasteiger partial charge >= 0.3 is 5.97 Å². The van der Waals surface area contributed by atoms with E-state index < -0.39 is 29.3 Å². The molecule has 0 radical (unpaired) electrons. The molecule has 3 rings (SSSR count). The van der Waals surface area contributed by atoms with Crippen molar-refractivity contribution < 1.29 is 24.0 Å². The fourth-order valence-corrected chi connectivity index (χ4v) is 3.44. The van der Waals surface area contributed by atoms with Gasteiger partial charge in [0, 0.05) is 35.3 Å². The first-order chi connectivity index (χ1) is 14.7. The van der Waals surface area contributed by atoms with Crippen molar-refractivity contribution in [2.45, 2.75) is 20.3 Å². The third-order valence-corrected chi connectivity index (χ3v) is 5.46. The maximum atomic E-state index is 12.4. The second-order valence-corrected chi connectivity index (χ2v) is 7.61. The number of aryl methyl sites for hydroxylation is 1. The molecule has 1 aliphatic heterocycles. The number of nitro groups is 1. The number of carbonyl (C=O) groups is 3. The molecule has 0 saturated carbocycles. The maximum Gasteiger partial charge on any atom is 0.311 e. The van der Waals surface area contributed by atoms with Crippen molar-refractivity contribution in [3.63, 3.8) is 0 Å². The summed E-state index contributed by atoms with van der Waals surface area (Å²) in [6.45, 7) is 2.86. The Morgan fingerprint density at radius 3 is 2.74 bits per heavy atom. The van der Waals surface area contributed by atoms with Gasteiger partial charge in [-0.05, 0) is 37.6 Å². The number of hydrogen-bond acceptors (Lipinski definition) is 6. The summed E-state index contributed by atoms with van der Waals surface area (Å²) in [6, 6.07) is 9.50. The van der Waals surface area contributed by atoms with E-state index >= 15 is 0 Å². The standard InChI is InChI=1S/C21H20ClN3O6/c1-12-6-7-15(9-18(12)25(29)30)24-10-14(8-20(24)27)21(28)31-11-19(26)23-17-5-3-4-16(22)13(17)2/h3-7,9,14H,8,10-11H2,1-2H3,(H,23,26)/t14-/m0/s1. The Balaban J connectivity index is 1.59. The SMILES string of the molecule is Cc1ccc(N2C[C@@H](C(=O)OCC(=O)Nc3cccc(Cl)c3C)CC2=O)cc1[N+](=O)[O-]. The van der Waals surface area contributed by atoms with Gasteiger partial charge in [0.2, 0.25) is 5.91 Å². The van der Waals surface area contributed by atoms with E-state index in [0.29, 0.717) is 27.5 Å². The van der Waals surface area contributed by atoms with Gasteiger partial charge in [-0.25, -0.2) is 0 Å². The van der Waals surface area contributed by atoms with Crippen LogP contribution < -0.4 is 10.2 Å². The van der Waals surface area contributed by atoms with Gasteiger partial charge in [0.15, 0.2) is 6.61 Å². The summed E-state index contributed by atoms with van der Waals surface area (Å²) in [6.07, 6.45) is -0.102. The molecule has 2 amide bonds. The van der Waals surface area contributed by atoms with Crippen LogP contribution in [-0.4, -0.2) is 35.9 Å². The van der Waals surface area contributed by atoms with Crippen LogP contribution in [0.4, 0.5) is 17.1 Å². The largest absolute Gasteiger partial charge is 0.455 e. The summed E-state index contributed by atoms with van der Waals surface area (Å²) in [4.78, 5) is 48.8. The molecule has 1 saturated heterocycles. The molecule has 2 aromatic rings. The Bertz CT molecular complexity index is 1070. The Morgan fingerprint density at radius 1 is 1.29 bits per heavy atom. The lowest BCUT2D eigenvalue weighted by Gasteiger charge is -2.17. The molecule has 1 atom stereocenters. The number of esters is 1. The first-order valence-corrected chi connectivity index (χ1v) is 9.82. The van der Waals surface area contributed by atoms with E-state index in [4.69, 9.17) is 16.3 Å². The van der Waals surface area contributed by atoms with E-state index in [-0.39, 0.29) is 24.6 Å². The fraction of sp³-hybridized carbons (Fsp3) is 0.286. The Labute approximate surface area is 183 Å². The predicted octanol–water partition coefficient (Wildman–Crippen LogP) is 3.40. The molecule has 0 aromatic heterocycles. The number of nitro benzene ring substituents is 1. The number of nitrogens with zero attached hydrogens (tertiary/aromatic N) is 2. The molecule has 0 spiro atoms. The smallest absolute Gasteiger partial charge is 0.311 e. The molecule has 31 heavy (non-hydrogen) atoms. The zero-order valence-corrected chi connectivity index (χ0v) is 17.6. The van der Waals surface area contributed by atoms with E-state index in [1.54, 1.807) is 44.2 Å². The lowest BCUT2D eigenvalue weighted by Crippen LogP contribution is -2.28. The van der Waals surface area contributed by atoms with Crippen LogP contribution >= 0.6 is 11.6 Å². The third kappa shape index (κ3) is 5.00. The van der Waals surface area contributed by atoms with Gasteiger partial charge in [-0.3, -0.25) is 24.5 Å². The van der Waals surface area contributed by atoms with Gasteiger partial charge in [-0.15, -0.1) is 0 Å². The minimum Gasteiger partial charge on any atom is -0.455 e. The average Bonchev–Trinajstić information content (AvgIpc) is 3.11. The number of ether oxygens (including phenoxy) is 1. The van der Waals surface area contributed by atoms with Crippen LogP contribution in [-0.2, 0) is 19.1 Å². The van der Waals surface area contributed by atoms with Crippen LogP contribution in [0.25, 0.3) is 0 Å². The van der Waals surface area contributed by atoms with Crippen molar-refractivity contribution >= 4 is 46.4 Å². The van der Waals surface area contributed by atoms with Crippen LogP contribution in [0.2, 0.25) is 5.02 Å². The second-order valence-electron chi connectivity index (χ2n) is 7.20. The van der Waals surface area contributed by atoms with Crippen molar-refractivity contribution in [1.29, 1.82) is 0 Å². The molecule has 2 aromatic carbocycles. The highest BCUT2D eigenvalue weighted by atomic mass is 35.5. The normalized spacial score (nSPS) is 15.6. The summed E-state index contributed by atoms with van der Waals surface area (Å²) in [7, 11) is 0. The van der Waals surface area contributed by atoms with Crippen molar-refractivity contribution in [3.05, 3.63) is 62.7 Å². The number of nitrogens with one attached hydrogen (secondary N) is 1. The quantitative estimate of drug-likeness (QED) is 0.413. The Kier molecular flexibility index (Phi) is 6.55. The lowest BCUT2D eigenvalue weighted by atomic mass is 10.1. The van der Waals surface area contributed by atoms with E-state index in [9.17, 15) is 24.5 Å². The van der Waals surface area contributed by atoms with Gasteiger partial charge in [-0.1, -0.05) is 23.7 Å². The molecule has 162 valence electrons. The molecule has 10 heteroatoms. The zero-order valence-electron chi connectivity index (χ0n) is 16.9. The van der Waals surface area contributed by atoms with E-state index in [1.165, 1.54) is 11.0 Å². The minimum absolute atomic E-state index is 0.0207. The molecule has 0 bridgehead atoms. The number of amides is 2. The van der Waals surface area contributed by atoms with Crippen molar-refractivity contribution in [2.24, 2.45) is 5.92 Å². The minimum atomic E-state index is -0.770. The van der Waals surface area contributed by atoms with Gasteiger partial charge in [0.05, 0.1) is 16.5 Å². The monoisotopic (exact) mass is 445 g/mol. The summed E-state index contributed by atoms with van der Waals surface area (Å²) in [5.41, 5.74) is 1.90. The molecule has 0 unspecified atom stereocenters. The highest BCUT2D eigenvalue weighted by Crippen LogP contribution is 2.30. The molecular weight excluding hydrogens is 426 g/mol. The van der Waals surface area contributed by atoms with Crippen molar-refractivity contribution in [3.8, 4) is 0 Å². The zero-order chi connectivity index (χ0) is 22.7. The molecule has 9 nitrogen and oxygen atoms in total. The third-order valence-electron chi connectivity index (χ3n) is 5.05. The number of rotatable bonds is 6. The van der Waals surface area contributed by atoms with Gasteiger partial charge in [0.1, 0.15) is 0 Å². The highest BCUT2D eigenvalue weighted by molar-refractivity contribution is 6.31. The lowest BCUT2D eigenvalue weighted by molar-refractivity contribution is -0.385. The van der Waals surface area contributed by atoms with E-state index in [1.807, 2.05) is 0 Å². The highest BCUT2D eigenvalue weighted by Gasteiger charge is 2.37. The molecular formula is C21H20ClN3O6. The molecule has 1 heterocycles. The van der Waals surface area contributed by atoms with Crippen LogP contribution in [0.3, 0.4) is 0 Å². The van der Waals surface area contributed by atoms with Gasteiger partial charge < -0.3 is 15.0 Å². The topological polar surface area (TPSA) is 119 Å². The second kappa shape index (κ2) is 9.13. The maximum absolute atomic E-state index is 12.4. The Morgan fingerprint density at radius 2 is 2.03 bits per heavy atom. The van der Waals surface area contributed by atoms with Gasteiger partial charge in [0.25, 0.3) is 11.6 Å². The number of benzene rings is 2. The van der Waals surface area contributed by atoms with E-state index in [0.717, 1.165) is 0 Å². The number of anilines is 2. The molecule has 1 aliphatic rings. The summed E-state index contributed by atoms with van der Waals surface area (Å²) in [5, 5.41) is 14.3. The first-order valence-electron chi connectivity index (χ1n) is 9.44. The summed E-state index contributed by atoms with van der Waals surface area (Å²) in [5.74, 6) is -2.34. The first kappa shape index (κ1) is 22.2. The van der Waals surface area contributed by atoms with Crippen molar-refractivity contribution in [2.75, 3.05) is 23.4 Å². The Hall–Kier alpha value is -3.46. The van der Waals surface area contributed by atoms with Crippen LogP contribution in [0, 0.1) is 29.9 Å². The summed E-state index contributed by atoms with van der Waals surface area (Å²) >= 11 is 6.01. The van der Waals surface area contributed by atoms with Gasteiger partial charge in [-0.2, -0.15) is 0 Å². The molecule has 1 fully saturated rings. The summed E-state index contributed by atoms with van der Waals surface area (Å²) < 4.78 is 5.07. The molecule has 0 aliphatic carbocycles. The number of hydrogen-bond donors (Lipinski definition) is 1. The average molecular weight is 446 g/mol. The molecule has 1 N–H and O–H groups in total. The predicted molar refractivity (Wildman–Crippen MR) is 114 cm³/mol. The number of carbonyl (C=O) groups excluding carboxylic acids is 3. The van der Waals surface area contributed by atoms with Crippen LogP contribution in [0.5, 0.6) is 0 Å². The van der Waals surface area contributed by atoms with Crippen LogP contribution in [0.15, 0.2) is 36.4 Å².